The molecule has 2 N–H and O–H groups in total. The molecule has 0 aliphatic heterocycles. The van der Waals surface area contributed by atoms with Crippen LogP contribution in [-0.2, 0) is 6.42 Å². The van der Waals surface area contributed by atoms with Crippen LogP contribution in [0.4, 0.5) is 4.39 Å². The van der Waals surface area contributed by atoms with E-state index in [1.807, 2.05) is 6.07 Å². The Balaban J connectivity index is 2.00. The summed E-state index contributed by atoms with van der Waals surface area (Å²) in [6.45, 7) is 0. The third-order valence-electron chi connectivity index (χ3n) is 2.59. The molecule has 1 fully saturated rings. The van der Waals surface area contributed by atoms with Crippen LogP contribution in [0, 0.1) is 11.7 Å². The maximum Gasteiger partial charge on any atom is 0.123 e. The first-order valence-corrected chi connectivity index (χ1v) is 4.76. The van der Waals surface area contributed by atoms with Crippen molar-refractivity contribution in [3.05, 3.63) is 35.6 Å². The number of halogens is 1. The third kappa shape index (κ3) is 2.28. The second-order valence-corrected chi connectivity index (χ2v) is 3.84. The molecule has 13 heavy (non-hydrogen) atoms. The minimum Gasteiger partial charge on any atom is -0.327 e. The zero-order valence-electron chi connectivity index (χ0n) is 7.54. The summed E-state index contributed by atoms with van der Waals surface area (Å²) in [5.74, 6) is 0.517. The molecule has 1 aromatic rings. The topological polar surface area (TPSA) is 26.0 Å². The Morgan fingerprint density at radius 3 is 2.85 bits per heavy atom. The van der Waals surface area contributed by atoms with Crippen molar-refractivity contribution < 1.29 is 4.39 Å². The molecule has 70 valence electrons. The summed E-state index contributed by atoms with van der Waals surface area (Å²) in [6.07, 6.45) is 3.30. The lowest BCUT2D eigenvalue weighted by molar-refractivity contribution is 0.584. The first-order chi connectivity index (χ1) is 6.25. The summed E-state index contributed by atoms with van der Waals surface area (Å²) in [4.78, 5) is 0. The van der Waals surface area contributed by atoms with Gasteiger partial charge in [0.05, 0.1) is 0 Å². The Morgan fingerprint density at radius 2 is 2.23 bits per heavy atom. The highest BCUT2D eigenvalue weighted by atomic mass is 19.1. The highest BCUT2D eigenvalue weighted by molar-refractivity contribution is 5.17. The van der Waals surface area contributed by atoms with E-state index in [4.69, 9.17) is 5.73 Å². The monoisotopic (exact) mass is 179 g/mol. The van der Waals surface area contributed by atoms with Crippen LogP contribution in [0.3, 0.4) is 0 Å². The Bertz CT molecular complexity index is 294. The molecular weight excluding hydrogens is 165 g/mol. The average molecular weight is 179 g/mol. The molecule has 0 bridgehead atoms. The van der Waals surface area contributed by atoms with Crippen LogP contribution < -0.4 is 5.73 Å². The lowest BCUT2D eigenvalue weighted by Gasteiger charge is -2.09. The molecule has 0 spiro atoms. The molecule has 1 aliphatic rings. The van der Waals surface area contributed by atoms with E-state index in [2.05, 4.69) is 0 Å². The van der Waals surface area contributed by atoms with E-state index >= 15 is 0 Å². The second-order valence-electron chi connectivity index (χ2n) is 3.84. The molecule has 1 saturated carbocycles. The summed E-state index contributed by atoms with van der Waals surface area (Å²) < 4.78 is 12.8. The van der Waals surface area contributed by atoms with Gasteiger partial charge in [-0.15, -0.1) is 0 Å². The van der Waals surface area contributed by atoms with Crippen molar-refractivity contribution in [2.24, 2.45) is 11.7 Å². The van der Waals surface area contributed by atoms with Crippen LogP contribution in [-0.4, -0.2) is 6.04 Å². The minimum absolute atomic E-state index is 0.166. The van der Waals surface area contributed by atoms with Crippen molar-refractivity contribution in [2.75, 3.05) is 0 Å². The Kier molecular flexibility index (Phi) is 2.32. The van der Waals surface area contributed by atoms with Crippen molar-refractivity contribution >= 4 is 0 Å². The van der Waals surface area contributed by atoms with Gasteiger partial charge in [-0.25, -0.2) is 4.39 Å². The highest BCUT2D eigenvalue weighted by Crippen LogP contribution is 2.32. The Morgan fingerprint density at radius 1 is 1.46 bits per heavy atom. The van der Waals surface area contributed by atoms with Crippen LogP contribution in [0.25, 0.3) is 0 Å². The van der Waals surface area contributed by atoms with Crippen molar-refractivity contribution in [1.82, 2.24) is 0 Å². The van der Waals surface area contributed by atoms with Crippen LogP contribution in [0.1, 0.15) is 18.4 Å². The van der Waals surface area contributed by atoms with Crippen molar-refractivity contribution in [3.63, 3.8) is 0 Å². The van der Waals surface area contributed by atoms with Gasteiger partial charge in [0.1, 0.15) is 5.82 Å². The molecule has 0 radical (unpaired) electrons. The van der Waals surface area contributed by atoms with Gasteiger partial charge in [0.15, 0.2) is 0 Å². The molecule has 1 aliphatic carbocycles. The fraction of sp³-hybridized carbons (Fsp3) is 0.455. The molecule has 2 heteroatoms. The van der Waals surface area contributed by atoms with Crippen LogP contribution >= 0.6 is 0 Å². The Hall–Kier alpha value is -0.890. The quantitative estimate of drug-likeness (QED) is 0.755. The summed E-state index contributed by atoms with van der Waals surface area (Å²) in [6, 6.07) is 6.94. The van der Waals surface area contributed by atoms with E-state index in [0.717, 1.165) is 12.0 Å². The molecule has 1 aromatic carbocycles. The van der Waals surface area contributed by atoms with Gasteiger partial charge in [0.25, 0.3) is 0 Å². The highest BCUT2D eigenvalue weighted by Gasteiger charge is 2.28. The van der Waals surface area contributed by atoms with Crippen LogP contribution in [0.15, 0.2) is 24.3 Å². The van der Waals surface area contributed by atoms with E-state index in [9.17, 15) is 4.39 Å². The largest absolute Gasteiger partial charge is 0.327 e. The Labute approximate surface area is 77.8 Å². The van der Waals surface area contributed by atoms with E-state index in [-0.39, 0.29) is 11.9 Å². The van der Waals surface area contributed by atoms with E-state index < -0.39 is 0 Å². The summed E-state index contributed by atoms with van der Waals surface area (Å²) in [7, 11) is 0. The first-order valence-electron chi connectivity index (χ1n) is 4.76. The van der Waals surface area contributed by atoms with Gasteiger partial charge in [0.2, 0.25) is 0 Å². The predicted octanol–water partition coefficient (Wildman–Crippen LogP) is 2.11. The number of benzene rings is 1. The lowest BCUT2D eigenvalue weighted by Crippen LogP contribution is -2.24. The number of hydrogen-bond donors (Lipinski definition) is 1. The van der Waals surface area contributed by atoms with E-state index in [1.54, 1.807) is 12.1 Å². The van der Waals surface area contributed by atoms with Gasteiger partial charge >= 0.3 is 0 Å². The summed E-state index contributed by atoms with van der Waals surface area (Å²) in [5.41, 5.74) is 6.95. The number of hydrogen-bond acceptors (Lipinski definition) is 1. The fourth-order valence-electron chi connectivity index (χ4n) is 1.63. The van der Waals surface area contributed by atoms with Crippen LogP contribution in [0.2, 0.25) is 0 Å². The van der Waals surface area contributed by atoms with Crippen molar-refractivity contribution in [3.8, 4) is 0 Å². The normalized spacial score (nSPS) is 18.6. The molecule has 1 nitrogen and oxygen atoms in total. The molecule has 0 heterocycles. The van der Waals surface area contributed by atoms with Crippen molar-refractivity contribution in [1.29, 1.82) is 0 Å². The molecule has 0 aromatic heterocycles. The van der Waals surface area contributed by atoms with Crippen LogP contribution in [0.5, 0.6) is 0 Å². The molecule has 0 saturated heterocycles. The fourth-order valence-corrected chi connectivity index (χ4v) is 1.63. The van der Waals surface area contributed by atoms with E-state index in [1.165, 1.54) is 18.9 Å². The van der Waals surface area contributed by atoms with Gasteiger partial charge in [0, 0.05) is 6.04 Å². The summed E-state index contributed by atoms with van der Waals surface area (Å²) >= 11 is 0. The molecule has 2 rings (SSSR count). The second kappa shape index (κ2) is 3.46. The maximum absolute atomic E-state index is 12.8. The van der Waals surface area contributed by atoms with Gasteiger partial charge in [-0.3, -0.25) is 0 Å². The maximum atomic E-state index is 12.8. The zero-order valence-corrected chi connectivity index (χ0v) is 7.54. The molecular formula is C11H14FN. The predicted molar refractivity (Wildman–Crippen MR) is 50.8 cm³/mol. The van der Waals surface area contributed by atoms with Gasteiger partial charge in [-0.2, -0.15) is 0 Å². The van der Waals surface area contributed by atoms with E-state index in [0.29, 0.717) is 5.92 Å². The number of nitrogens with two attached hydrogens (primary N) is 1. The van der Waals surface area contributed by atoms with Gasteiger partial charge < -0.3 is 5.73 Å². The standard InChI is InChI=1S/C11H14FN/c12-10-3-1-2-8(6-10)7-11(13)9-4-5-9/h1-3,6,9,11H,4-5,7,13H2. The average Bonchev–Trinajstić information content (AvgIpc) is 2.85. The third-order valence-corrected chi connectivity index (χ3v) is 2.59. The minimum atomic E-state index is -0.166. The number of rotatable bonds is 3. The van der Waals surface area contributed by atoms with Gasteiger partial charge in [-0.05, 0) is 42.9 Å². The zero-order chi connectivity index (χ0) is 9.26. The van der Waals surface area contributed by atoms with Gasteiger partial charge in [-0.1, -0.05) is 12.1 Å². The molecule has 0 amide bonds. The van der Waals surface area contributed by atoms with Crippen molar-refractivity contribution in [2.45, 2.75) is 25.3 Å². The molecule has 1 unspecified atom stereocenters. The first kappa shape index (κ1) is 8.70. The molecule has 1 atom stereocenters. The SMILES string of the molecule is NC(Cc1cccc(F)c1)C1CC1. The summed E-state index contributed by atoms with van der Waals surface area (Å²) in [5, 5.41) is 0. The lowest BCUT2D eigenvalue weighted by atomic mass is 10.0. The smallest absolute Gasteiger partial charge is 0.123 e.